The zero-order valence-electron chi connectivity index (χ0n) is 7.04. The molecule has 0 saturated heterocycles. The van der Waals surface area contributed by atoms with E-state index in [1.807, 2.05) is 0 Å². The average molecular weight is 205 g/mol. The molecule has 1 rings (SSSR count). The van der Waals surface area contributed by atoms with Gasteiger partial charge in [-0.05, 0) is 12.1 Å². The Morgan fingerprint density at radius 3 is 2.21 bits per heavy atom. The SMILES string of the molecule is NCC(F)(F)c1ccc(O)c(O)c1O. The van der Waals surface area contributed by atoms with Crippen LogP contribution < -0.4 is 5.73 Å². The summed E-state index contributed by atoms with van der Waals surface area (Å²) < 4.78 is 26.0. The van der Waals surface area contributed by atoms with Gasteiger partial charge in [-0.2, -0.15) is 8.78 Å². The summed E-state index contributed by atoms with van der Waals surface area (Å²) in [4.78, 5) is 0. The maximum atomic E-state index is 13.0. The van der Waals surface area contributed by atoms with Crippen LogP contribution in [0.4, 0.5) is 8.78 Å². The number of hydrogen-bond donors (Lipinski definition) is 4. The average Bonchev–Trinajstić information content (AvgIpc) is 2.14. The van der Waals surface area contributed by atoms with E-state index in [0.717, 1.165) is 12.1 Å². The summed E-state index contributed by atoms with van der Waals surface area (Å²) in [6, 6.07) is 1.66. The summed E-state index contributed by atoms with van der Waals surface area (Å²) in [6.07, 6.45) is 0. The van der Waals surface area contributed by atoms with Crippen LogP contribution in [0.5, 0.6) is 17.2 Å². The topological polar surface area (TPSA) is 86.7 Å². The minimum atomic E-state index is -3.44. The van der Waals surface area contributed by atoms with Gasteiger partial charge in [0.1, 0.15) is 0 Å². The minimum absolute atomic E-state index is 0.668. The normalized spacial score (nSPS) is 11.6. The van der Waals surface area contributed by atoms with Crippen LogP contribution in [0.25, 0.3) is 0 Å². The van der Waals surface area contributed by atoms with Crippen LogP contribution in [0, 0.1) is 0 Å². The summed E-state index contributed by atoms with van der Waals surface area (Å²) in [5.41, 5.74) is 3.98. The largest absolute Gasteiger partial charge is 0.504 e. The van der Waals surface area contributed by atoms with Crippen LogP contribution in [0.3, 0.4) is 0 Å². The highest BCUT2D eigenvalue weighted by Gasteiger charge is 2.34. The van der Waals surface area contributed by atoms with Crippen LogP contribution in [0.1, 0.15) is 5.56 Å². The van der Waals surface area contributed by atoms with Crippen molar-refractivity contribution in [3.63, 3.8) is 0 Å². The number of rotatable bonds is 2. The summed E-state index contributed by atoms with van der Waals surface area (Å²) in [6.45, 7) is -0.995. The van der Waals surface area contributed by atoms with Crippen molar-refractivity contribution in [1.82, 2.24) is 0 Å². The van der Waals surface area contributed by atoms with Crippen molar-refractivity contribution in [2.75, 3.05) is 6.54 Å². The fourth-order valence-corrected chi connectivity index (χ4v) is 0.974. The molecule has 0 aliphatic carbocycles. The first-order valence-electron chi connectivity index (χ1n) is 3.72. The smallest absolute Gasteiger partial charge is 0.288 e. The van der Waals surface area contributed by atoms with Crippen LogP contribution >= 0.6 is 0 Å². The minimum Gasteiger partial charge on any atom is -0.504 e. The standard InChI is InChI=1S/C8H9F2NO3/c9-8(10,3-11)4-1-2-5(12)7(14)6(4)13/h1-2,12-14H,3,11H2. The number of aromatic hydroxyl groups is 3. The number of phenols is 3. The molecule has 1 aromatic rings. The van der Waals surface area contributed by atoms with Gasteiger partial charge in [-0.25, -0.2) is 0 Å². The maximum Gasteiger partial charge on any atom is 0.288 e. The number of alkyl halides is 2. The second-order valence-electron chi connectivity index (χ2n) is 2.74. The lowest BCUT2D eigenvalue weighted by Gasteiger charge is -2.16. The lowest BCUT2D eigenvalue weighted by molar-refractivity contribution is 0.00338. The summed E-state index contributed by atoms with van der Waals surface area (Å²) in [7, 11) is 0. The fraction of sp³-hybridized carbons (Fsp3) is 0.250. The molecule has 0 spiro atoms. The second kappa shape index (κ2) is 3.30. The van der Waals surface area contributed by atoms with Crippen molar-refractivity contribution in [2.45, 2.75) is 5.92 Å². The van der Waals surface area contributed by atoms with E-state index in [-0.39, 0.29) is 0 Å². The van der Waals surface area contributed by atoms with E-state index in [1.54, 1.807) is 0 Å². The third-order valence-electron chi connectivity index (χ3n) is 1.78. The molecule has 0 radical (unpaired) electrons. The lowest BCUT2D eigenvalue weighted by Crippen LogP contribution is -2.25. The first-order valence-corrected chi connectivity index (χ1v) is 3.72. The monoisotopic (exact) mass is 205 g/mol. The van der Waals surface area contributed by atoms with Crippen molar-refractivity contribution in [3.05, 3.63) is 17.7 Å². The van der Waals surface area contributed by atoms with Crippen LogP contribution in [0.2, 0.25) is 0 Å². The second-order valence-corrected chi connectivity index (χ2v) is 2.74. The molecule has 1 aromatic carbocycles. The van der Waals surface area contributed by atoms with Crippen LogP contribution in [-0.2, 0) is 5.92 Å². The number of nitrogens with two attached hydrogens (primary N) is 1. The molecule has 0 amide bonds. The van der Waals surface area contributed by atoms with E-state index in [1.165, 1.54) is 0 Å². The lowest BCUT2D eigenvalue weighted by atomic mass is 10.1. The zero-order valence-corrected chi connectivity index (χ0v) is 7.04. The van der Waals surface area contributed by atoms with Crippen molar-refractivity contribution in [1.29, 1.82) is 0 Å². The van der Waals surface area contributed by atoms with Gasteiger partial charge < -0.3 is 21.1 Å². The molecule has 0 aliphatic heterocycles. The zero-order chi connectivity index (χ0) is 10.9. The highest BCUT2D eigenvalue weighted by Crippen LogP contribution is 2.43. The molecule has 0 bridgehead atoms. The predicted molar refractivity (Wildman–Crippen MR) is 44.4 cm³/mol. The highest BCUT2D eigenvalue weighted by atomic mass is 19.3. The van der Waals surface area contributed by atoms with E-state index in [4.69, 9.17) is 21.1 Å². The maximum absolute atomic E-state index is 13.0. The third kappa shape index (κ3) is 1.56. The van der Waals surface area contributed by atoms with Gasteiger partial charge in [0.25, 0.3) is 5.92 Å². The van der Waals surface area contributed by atoms with Gasteiger partial charge in [-0.15, -0.1) is 0 Å². The molecule has 14 heavy (non-hydrogen) atoms. The van der Waals surface area contributed by atoms with Crippen LogP contribution in [0.15, 0.2) is 12.1 Å². The van der Waals surface area contributed by atoms with Gasteiger partial charge in [0, 0.05) is 0 Å². The molecule has 0 aromatic heterocycles. The van der Waals surface area contributed by atoms with Crippen molar-refractivity contribution < 1.29 is 24.1 Å². The number of phenolic OH excluding ortho intramolecular Hbond substituents is 3. The summed E-state index contributed by atoms with van der Waals surface area (Å²) >= 11 is 0. The Morgan fingerprint density at radius 1 is 1.14 bits per heavy atom. The molecule has 0 heterocycles. The molecule has 0 saturated carbocycles. The quantitative estimate of drug-likeness (QED) is 0.539. The molecule has 6 heteroatoms. The van der Waals surface area contributed by atoms with Gasteiger partial charge in [0.15, 0.2) is 11.5 Å². The predicted octanol–water partition coefficient (Wildman–Crippen LogP) is 0.854. The van der Waals surface area contributed by atoms with Gasteiger partial charge >= 0.3 is 0 Å². The molecule has 0 aliphatic rings. The van der Waals surface area contributed by atoms with Gasteiger partial charge in [0.2, 0.25) is 5.75 Å². The fourth-order valence-electron chi connectivity index (χ4n) is 0.974. The molecule has 78 valence electrons. The Bertz CT molecular complexity index is 355. The van der Waals surface area contributed by atoms with Crippen molar-refractivity contribution in [3.8, 4) is 17.2 Å². The summed E-state index contributed by atoms with van der Waals surface area (Å²) in [5.74, 6) is -6.13. The molecule has 0 unspecified atom stereocenters. The number of halogens is 2. The molecule has 4 nitrogen and oxygen atoms in total. The highest BCUT2D eigenvalue weighted by molar-refractivity contribution is 5.54. The van der Waals surface area contributed by atoms with E-state index in [9.17, 15) is 8.78 Å². The van der Waals surface area contributed by atoms with E-state index in [2.05, 4.69) is 0 Å². The van der Waals surface area contributed by atoms with E-state index >= 15 is 0 Å². The Balaban J connectivity index is 3.31. The Labute approximate surface area is 78.2 Å². The Kier molecular flexibility index (Phi) is 2.48. The van der Waals surface area contributed by atoms with E-state index in [0.29, 0.717) is 0 Å². The van der Waals surface area contributed by atoms with Crippen molar-refractivity contribution in [2.24, 2.45) is 5.73 Å². The molecule has 0 fully saturated rings. The molecule has 5 N–H and O–H groups in total. The molecule has 0 atom stereocenters. The Hall–Kier alpha value is -1.56. The third-order valence-corrected chi connectivity index (χ3v) is 1.78. The van der Waals surface area contributed by atoms with E-state index < -0.39 is 35.3 Å². The van der Waals surface area contributed by atoms with Gasteiger partial charge in [-0.1, -0.05) is 0 Å². The number of benzene rings is 1. The first-order chi connectivity index (χ1) is 6.40. The molecular weight excluding hydrogens is 196 g/mol. The number of hydrogen-bond acceptors (Lipinski definition) is 4. The van der Waals surface area contributed by atoms with Crippen molar-refractivity contribution >= 4 is 0 Å². The van der Waals surface area contributed by atoms with Crippen LogP contribution in [-0.4, -0.2) is 21.9 Å². The Morgan fingerprint density at radius 2 is 1.71 bits per heavy atom. The van der Waals surface area contributed by atoms with Gasteiger partial charge in [0.05, 0.1) is 12.1 Å². The summed E-state index contributed by atoms with van der Waals surface area (Å²) in [5, 5.41) is 26.9. The first kappa shape index (κ1) is 10.5. The molecular formula is C8H9F2NO3. The van der Waals surface area contributed by atoms with Gasteiger partial charge in [-0.3, -0.25) is 0 Å².